The number of H-pyrrole nitrogens is 1. The largest absolute Gasteiger partial charge is 0.384 e. The number of carbonyl (C=O) groups excluding carboxylic acids is 1. The number of imidazole rings is 1. The molecule has 1 aliphatic rings. The lowest BCUT2D eigenvalue weighted by atomic mass is 9.97. The van der Waals surface area contributed by atoms with Gasteiger partial charge >= 0.3 is 5.69 Å². The fraction of sp³-hybridized carbons (Fsp3) is 0.429. The Morgan fingerprint density at radius 1 is 1.27 bits per heavy atom. The Kier molecular flexibility index (Phi) is 5.07. The molecule has 1 atom stereocenters. The number of fused-ring (bicyclic) bond motifs is 1. The standard InChI is InChI=1S/C21H26N6O3/c1-12-6-7-14-15(9-12)24-19(23-14)13-5-4-8-27(10-13)11-16(28)17-18(22)25(2)21(30)26(3)20(17)29/h6-7,9,13H,4-5,8,10-11,22H2,1-3H3,(H,23,24)/t13-/m1/s1. The van der Waals surface area contributed by atoms with Crippen LogP contribution in [0.25, 0.3) is 11.0 Å². The zero-order valence-electron chi connectivity index (χ0n) is 17.4. The molecule has 0 bridgehead atoms. The van der Waals surface area contributed by atoms with E-state index in [9.17, 15) is 14.4 Å². The van der Waals surface area contributed by atoms with Crippen molar-refractivity contribution in [3.8, 4) is 0 Å². The fourth-order valence-electron chi connectivity index (χ4n) is 4.16. The van der Waals surface area contributed by atoms with Crippen LogP contribution in [0.5, 0.6) is 0 Å². The van der Waals surface area contributed by atoms with Crippen LogP contribution in [0.3, 0.4) is 0 Å². The quantitative estimate of drug-likeness (QED) is 0.617. The van der Waals surface area contributed by atoms with Crippen molar-refractivity contribution in [2.24, 2.45) is 14.1 Å². The number of ketones is 1. The summed E-state index contributed by atoms with van der Waals surface area (Å²) in [6.45, 7) is 3.54. The molecule has 9 nitrogen and oxygen atoms in total. The molecule has 0 spiro atoms. The molecule has 0 amide bonds. The number of Topliss-reactive ketones (excluding diaryl/α,β-unsaturated/α-hetero) is 1. The minimum atomic E-state index is -0.651. The highest BCUT2D eigenvalue weighted by atomic mass is 16.2. The second-order valence-electron chi connectivity index (χ2n) is 8.11. The van der Waals surface area contributed by atoms with Gasteiger partial charge in [0.1, 0.15) is 17.2 Å². The summed E-state index contributed by atoms with van der Waals surface area (Å²) < 4.78 is 2.04. The van der Waals surface area contributed by atoms with Crippen LogP contribution in [0.2, 0.25) is 0 Å². The molecular formula is C21H26N6O3. The summed E-state index contributed by atoms with van der Waals surface area (Å²) in [5, 5.41) is 0. The van der Waals surface area contributed by atoms with Gasteiger partial charge in [0.15, 0.2) is 5.78 Å². The van der Waals surface area contributed by atoms with Gasteiger partial charge in [-0.05, 0) is 44.0 Å². The first kappa shape index (κ1) is 20.1. The molecule has 1 fully saturated rings. The van der Waals surface area contributed by atoms with Gasteiger partial charge in [0.2, 0.25) is 0 Å². The molecule has 1 saturated heterocycles. The summed E-state index contributed by atoms with van der Waals surface area (Å²) in [4.78, 5) is 47.6. The zero-order valence-corrected chi connectivity index (χ0v) is 17.4. The van der Waals surface area contributed by atoms with Gasteiger partial charge in [0.05, 0.1) is 17.6 Å². The molecule has 3 N–H and O–H groups in total. The van der Waals surface area contributed by atoms with Crippen LogP contribution in [0.1, 0.15) is 40.5 Å². The van der Waals surface area contributed by atoms with E-state index in [4.69, 9.17) is 10.7 Å². The second kappa shape index (κ2) is 7.56. The van der Waals surface area contributed by atoms with Crippen molar-refractivity contribution in [3.05, 3.63) is 56.0 Å². The third-order valence-corrected chi connectivity index (χ3v) is 5.90. The third-order valence-electron chi connectivity index (χ3n) is 5.90. The van der Waals surface area contributed by atoms with Gasteiger partial charge in [-0.25, -0.2) is 9.78 Å². The van der Waals surface area contributed by atoms with Gasteiger partial charge in [-0.15, -0.1) is 0 Å². The average Bonchev–Trinajstić information content (AvgIpc) is 3.14. The van der Waals surface area contributed by atoms with Crippen molar-refractivity contribution in [1.29, 1.82) is 0 Å². The van der Waals surface area contributed by atoms with Gasteiger partial charge in [0.25, 0.3) is 5.56 Å². The van der Waals surface area contributed by atoms with Crippen molar-refractivity contribution < 1.29 is 4.79 Å². The Hall–Kier alpha value is -3.20. The van der Waals surface area contributed by atoms with Crippen LogP contribution in [-0.4, -0.2) is 49.4 Å². The number of nitrogen functional groups attached to an aromatic ring is 1. The van der Waals surface area contributed by atoms with Crippen molar-refractivity contribution in [2.75, 3.05) is 25.4 Å². The predicted molar refractivity (Wildman–Crippen MR) is 115 cm³/mol. The number of nitrogens with zero attached hydrogens (tertiary/aromatic N) is 4. The molecule has 30 heavy (non-hydrogen) atoms. The number of aryl methyl sites for hydroxylation is 1. The molecule has 0 unspecified atom stereocenters. The third kappa shape index (κ3) is 3.45. The average molecular weight is 410 g/mol. The number of piperidine rings is 1. The number of anilines is 1. The highest BCUT2D eigenvalue weighted by molar-refractivity contribution is 6.01. The van der Waals surface area contributed by atoms with Gasteiger partial charge in [0, 0.05) is 26.6 Å². The highest BCUT2D eigenvalue weighted by Crippen LogP contribution is 2.27. The van der Waals surface area contributed by atoms with Crippen LogP contribution >= 0.6 is 0 Å². The van der Waals surface area contributed by atoms with Gasteiger partial charge in [-0.3, -0.25) is 23.6 Å². The van der Waals surface area contributed by atoms with E-state index in [1.165, 1.54) is 19.7 Å². The topological polar surface area (TPSA) is 119 Å². The number of hydrogen-bond donors (Lipinski definition) is 2. The first-order valence-corrected chi connectivity index (χ1v) is 10.0. The number of rotatable bonds is 4. The molecule has 3 heterocycles. The second-order valence-corrected chi connectivity index (χ2v) is 8.11. The maximum Gasteiger partial charge on any atom is 0.332 e. The maximum absolute atomic E-state index is 12.9. The van der Waals surface area contributed by atoms with Crippen molar-refractivity contribution >= 4 is 22.6 Å². The van der Waals surface area contributed by atoms with Crippen LogP contribution in [0, 0.1) is 6.92 Å². The molecule has 0 saturated carbocycles. The normalized spacial score (nSPS) is 17.5. The summed E-state index contributed by atoms with van der Waals surface area (Å²) in [7, 11) is 2.80. The van der Waals surface area contributed by atoms with E-state index >= 15 is 0 Å². The van der Waals surface area contributed by atoms with E-state index in [2.05, 4.69) is 11.1 Å². The smallest absolute Gasteiger partial charge is 0.332 e. The summed E-state index contributed by atoms with van der Waals surface area (Å²) in [6.07, 6.45) is 1.90. The highest BCUT2D eigenvalue weighted by Gasteiger charge is 2.27. The molecule has 2 aromatic heterocycles. The van der Waals surface area contributed by atoms with Crippen LogP contribution < -0.4 is 17.0 Å². The molecule has 1 aliphatic heterocycles. The monoisotopic (exact) mass is 410 g/mol. The Morgan fingerprint density at radius 3 is 2.80 bits per heavy atom. The molecule has 0 aliphatic carbocycles. The Bertz CT molecular complexity index is 1250. The number of nitrogens with one attached hydrogen (secondary N) is 1. The molecule has 3 aromatic rings. The van der Waals surface area contributed by atoms with E-state index < -0.39 is 11.2 Å². The van der Waals surface area contributed by atoms with E-state index in [-0.39, 0.29) is 29.6 Å². The van der Waals surface area contributed by atoms with E-state index in [0.29, 0.717) is 6.54 Å². The number of hydrogen-bond acceptors (Lipinski definition) is 6. The summed E-state index contributed by atoms with van der Waals surface area (Å²) >= 11 is 0. The Labute approximate surface area is 173 Å². The first-order chi connectivity index (χ1) is 14.3. The lowest BCUT2D eigenvalue weighted by Gasteiger charge is -2.31. The van der Waals surface area contributed by atoms with Crippen LogP contribution in [0.4, 0.5) is 5.82 Å². The van der Waals surface area contributed by atoms with Crippen molar-refractivity contribution in [2.45, 2.75) is 25.7 Å². The summed E-state index contributed by atoms with van der Waals surface area (Å²) in [5.74, 6) is 0.642. The number of nitrogens with two attached hydrogens (primary N) is 1. The van der Waals surface area contributed by atoms with E-state index in [1.807, 2.05) is 24.0 Å². The zero-order chi connectivity index (χ0) is 21.6. The minimum absolute atomic E-state index is 0.0769. The number of likely N-dealkylation sites (tertiary alicyclic amines) is 1. The Morgan fingerprint density at radius 2 is 2.03 bits per heavy atom. The van der Waals surface area contributed by atoms with Gasteiger partial charge in [-0.1, -0.05) is 6.07 Å². The van der Waals surface area contributed by atoms with E-state index in [0.717, 1.165) is 45.4 Å². The van der Waals surface area contributed by atoms with Crippen LogP contribution in [0.15, 0.2) is 27.8 Å². The lowest BCUT2D eigenvalue weighted by Crippen LogP contribution is -2.44. The number of aromatic amines is 1. The summed E-state index contributed by atoms with van der Waals surface area (Å²) in [5.41, 5.74) is 7.72. The molecule has 4 rings (SSSR count). The van der Waals surface area contributed by atoms with Crippen molar-refractivity contribution in [3.63, 3.8) is 0 Å². The molecule has 0 radical (unpaired) electrons. The minimum Gasteiger partial charge on any atom is -0.384 e. The molecule has 158 valence electrons. The number of benzene rings is 1. The molecule has 9 heteroatoms. The van der Waals surface area contributed by atoms with E-state index in [1.54, 1.807) is 0 Å². The van der Waals surface area contributed by atoms with Crippen molar-refractivity contribution in [1.82, 2.24) is 24.0 Å². The number of carbonyl (C=O) groups is 1. The van der Waals surface area contributed by atoms with Gasteiger partial charge < -0.3 is 10.7 Å². The first-order valence-electron chi connectivity index (χ1n) is 10.0. The lowest BCUT2D eigenvalue weighted by molar-refractivity contribution is 0.0903. The predicted octanol–water partition coefficient (Wildman–Crippen LogP) is 0.913. The molecule has 1 aromatic carbocycles. The van der Waals surface area contributed by atoms with Crippen LogP contribution in [-0.2, 0) is 14.1 Å². The Balaban J connectivity index is 1.55. The summed E-state index contributed by atoms with van der Waals surface area (Å²) in [6, 6.07) is 6.12. The SMILES string of the molecule is Cc1ccc2nc([C@@H]3CCCN(CC(=O)c4c(N)n(C)c(=O)n(C)c4=O)C3)[nH]c2c1. The fourth-order valence-corrected chi connectivity index (χ4v) is 4.16. The molecular weight excluding hydrogens is 384 g/mol. The maximum atomic E-state index is 12.9. The number of aromatic nitrogens is 4. The van der Waals surface area contributed by atoms with Gasteiger partial charge in [-0.2, -0.15) is 0 Å².